The molecule has 2 N–H and O–H groups in total. The number of H-pyrrole nitrogens is 1. The Balaban J connectivity index is 0.00000225. The van der Waals surface area contributed by atoms with Crippen molar-refractivity contribution in [2.45, 2.75) is 38.8 Å². The second-order valence-electron chi connectivity index (χ2n) is 6.68. The summed E-state index contributed by atoms with van der Waals surface area (Å²) in [5.41, 5.74) is 2.78. The maximum absolute atomic E-state index is 13.0. The van der Waals surface area contributed by atoms with Gasteiger partial charge in [0.15, 0.2) is 5.69 Å². The van der Waals surface area contributed by atoms with E-state index >= 15 is 0 Å². The van der Waals surface area contributed by atoms with Gasteiger partial charge in [-0.2, -0.15) is 5.10 Å². The van der Waals surface area contributed by atoms with Gasteiger partial charge in [0.1, 0.15) is 0 Å². The Morgan fingerprint density at radius 2 is 2.24 bits per heavy atom. The lowest BCUT2D eigenvalue weighted by Crippen LogP contribution is -2.55. The lowest BCUT2D eigenvalue weighted by Gasteiger charge is -2.41. The van der Waals surface area contributed by atoms with E-state index in [4.69, 9.17) is 4.74 Å². The predicted molar refractivity (Wildman–Crippen MR) is 99.3 cm³/mol. The van der Waals surface area contributed by atoms with Gasteiger partial charge in [0.05, 0.1) is 6.61 Å². The minimum absolute atomic E-state index is 0. The molecule has 142 valence electrons. The highest BCUT2D eigenvalue weighted by Gasteiger charge is 2.32. The molecule has 0 aromatic carbocycles. The van der Waals surface area contributed by atoms with Crippen LogP contribution < -0.4 is 5.32 Å². The highest BCUT2D eigenvalue weighted by Crippen LogP contribution is 2.20. The number of amides is 1. The molecule has 7 nitrogen and oxygen atoms in total. The number of ether oxygens (including phenoxy) is 1. The number of nitrogens with one attached hydrogen (secondary N) is 2. The number of carbonyl (C=O) groups is 1. The van der Waals surface area contributed by atoms with Crippen molar-refractivity contribution in [3.63, 3.8) is 0 Å². The van der Waals surface area contributed by atoms with E-state index in [0.717, 1.165) is 76.4 Å². The molecule has 1 aromatic heterocycles. The largest absolute Gasteiger partial charge is 0.383 e. The standard InChI is InChI=1S/C17H29N5O2.ClH/c1-3-4-13-12-22(8-7-21(13)9-10-24-2)17(23)16-14-11-18-6-5-15(14)19-20-16;/h13,18H,3-12H2,1-2H3,(H,19,20);1H. The minimum atomic E-state index is 0. The maximum atomic E-state index is 13.0. The van der Waals surface area contributed by atoms with Gasteiger partial charge in [-0.25, -0.2) is 0 Å². The molecule has 25 heavy (non-hydrogen) atoms. The summed E-state index contributed by atoms with van der Waals surface area (Å²) in [5, 5.41) is 10.7. The fourth-order valence-electron chi connectivity index (χ4n) is 3.74. The van der Waals surface area contributed by atoms with Crippen LogP contribution in [-0.4, -0.2) is 78.4 Å². The number of halogens is 1. The number of carbonyl (C=O) groups excluding carboxylic acids is 1. The molecule has 1 amide bonds. The van der Waals surface area contributed by atoms with E-state index < -0.39 is 0 Å². The Morgan fingerprint density at radius 1 is 1.40 bits per heavy atom. The molecule has 0 bridgehead atoms. The molecule has 1 unspecified atom stereocenters. The minimum Gasteiger partial charge on any atom is -0.383 e. The van der Waals surface area contributed by atoms with Crippen LogP contribution in [0.5, 0.6) is 0 Å². The van der Waals surface area contributed by atoms with Crippen molar-refractivity contribution >= 4 is 18.3 Å². The number of aromatic amines is 1. The summed E-state index contributed by atoms with van der Waals surface area (Å²) in [7, 11) is 1.74. The molecular formula is C17H30ClN5O2. The smallest absolute Gasteiger partial charge is 0.274 e. The van der Waals surface area contributed by atoms with Gasteiger partial charge in [-0.1, -0.05) is 13.3 Å². The van der Waals surface area contributed by atoms with Crippen LogP contribution in [0.2, 0.25) is 0 Å². The van der Waals surface area contributed by atoms with E-state index in [9.17, 15) is 4.79 Å². The number of rotatable bonds is 6. The van der Waals surface area contributed by atoms with Crippen LogP contribution in [0.4, 0.5) is 0 Å². The quantitative estimate of drug-likeness (QED) is 0.782. The van der Waals surface area contributed by atoms with Crippen LogP contribution in [0, 0.1) is 0 Å². The molecule has 2 aliphatic heterocycles. The number of aromatic nitrogens is 2. The molecular weight excluding hydrogens is 342 g/mol. The third-order valence-corrected chi connectivity index (χ3v) is 5.11. The van der Waals surface area contributed by atoms with E-state index in [0.29, 0.717) is 11.7 Å². The van der Waals surface area contributed by atoms with Crippen LogP contribution >= 0.6 is 12.4 Å². The van der Waals surface area contributed by atoms with Crippen molar-refractivity contribution in [1.29, 1.82) is 0 Å². The molecule has 3 heterocycles. The molecule has 1 fully saturated rings. The number of methoxy groups -OCH3 is 1. The summed E-state index contributed by atoms with van der Waals surface area (Å²) in [6.45, 7) is 8.01. The SMILES string of the molecule is CCCC1CN(C(=O)c2n[nH]c3c2CNCC3)CCN1CCOC.Cl. The average molecular weight is 372 g/mol. The van der Waals surface area contributed by atoms with Gasteiger partial charge in [0.25, 0.3) is 5.91 Å². The van der Waals surface area contributed by atoms with Crippen molar-refractivity contribution < 1.29 is 9.53 Å². The second kappa shape index (κ2) is 9.52. The molecule has 1 aromatic rings. The van der Waals surface area contributed by atoms with E-state index in [1.807, 2.05) is 4.90 Å². The molecule has 8 heteroatoms. The van der Waals surface area contributed by atoms with Crippen LogP contribution in [0.15, 0.2) is 0 Å². The lowest BCUT2D eigenvalue weighted by atomic mass is 10.0. The van der Waals surface area contributed by atoms with Crippen molar-refractivity contribution in [2.24, 2.45) is 0 Å². The van der Waals surface area contributed by atoms with Gasteiger partial charge >= 0.3 is 0 Å². The maximum Gasteiger partial charge on any atom is 0.274 e. The number of nitrogens with zero attached hydrogens (tertiary/aromatic N) is 3. The summed E-state index contributed by atoms with van der Waals surface area (Å²) >= 11 is 0. The topological polar surface area (TPSA) is 73.5 Å². The zero-order valence-electron chi connectivity index (χ0n) is 15.2. The normalized spacial score (nSPS) is 20.9. The summed E-state index contributed by atoms with van der Waals surface area (Å²) in [5.74, 6) is 0.0729. The van der Waals surface area contributed by atoms with Crippen molar-refractivity contribution in [1.82, 2.24) is 25.3 Å². The van der Waals surface area contributed by atoms with Crippen LogP contribution in [0.25, 0.3) is 0 Å². The fourth-order valence-corrected chi connectivity index (χ4v) is 3.74. The number of hydrogen-bond acceptors (Lipinski definition) is 5. The van der Waals surface area contributed by atoms with E-state index in [2.05, 4.69) is 27.3 Å². The molecule has 0 spiro atoms. The zero-order chi connectivity index (χ0) is 16.9. The molecule has 0 aliphatic carbocycles. The highest BCUT2D eigenvalue weighted by atomic mass is 35.5. The molecule has 1 atom stereocenters. The van der Waals surface area contributed by atoms with Crippen molar-refractivity contribution in [2.75, 3.05) is 46.4 Å². The Morgan fingerprint density at radius 3 is 3.00 bits per heavy atom. The van der Waals surface area contributed by atoms with E-state index in [-0.39, 0.29) is 18.3 Å². The molecule has 2 aliphatic rings. The number of hydrogen-bond donors (Lipinski definition) is 2. The van der Waals surface area contributed by atoms with Crippen LogP contribution in [-0.2, 0) is 17.7 Å². The third-order valence-electron chi connectivity index (χ3n) is 5.11. The lowest BCUT2D eigenvalue weighted by molar-refractivity contribution is 0.0366. The average Bonchev–Trinajstić information content (AvgIpc) is 3.04. The van der Waals surface area contributed by atoms with Crippen molar-refractivity contribution in [3.05, 3.63) is 17.0 Å². The Bertz CT molecular complexity index is 565. The molecule has 0 saturated carbocycles. The van der Waals surface area contributed by atoms with Gasteiger partial charge in [0, 0.05) is 70.1 Å². The zero-order valence-corrected chi connectivity index (χ0v) is 16.0. The second-order valence-corrected chi connectivity index (χ2v) is 6.68. The Labute approximate surface area is 155 Å². The molecule has 1 saturated heterocycles. The van der Waals surface area contributed by atoms with E-state index in [1.165, 1.54) is 0 Å². The highest BCUT2D eigenvalue weighted by molar-refractivity contribution is 5.94. The van der Waals surface area contributed by atoms with E-state index in [1.54, 1.807) is 7.11 Å². The van der Waals surface area contributed by atoms with Gasteiger partial charge < -0.3 is 15.0 Å². The first-order chi connectivity index (χ1) is 11.7. The van der Waals surface area contributed by atoms with Crippen molar-refractivity contribution in [3.8, 4) is 0 Å². The predicted octanol–water partition coefficient (Wildman–Crippen LogP) is 1.05. The number of piperazine rings is 1. The first-order valence-electron chi connectivity index (χ1n) is 9.03. The van der Waals surface area contributed by atoms with Gasteiger partial charge in [-0.05, 0) is 6.42 Å². The first-order valence-corrected chi connectivity index (χ1v) is 9.03. The summed E-state index contributed by atoms with van der Waals surface area (Å²) in [6.07, 6.45) is 3.14. The van der Waals surface area contributed by atoms with Gasteiger partial charge in [-0.15, -0.1) is 12.4 Å². The summed E-state index contributed by atoms with van der Waals surface area (Å²) < 4.78 is 5.22. The summed E-state index contributed by atoms with van der Waals surface area (Å²) in [4.78, 5) is 17.4. The van der Waals surface area contributed by atoms with Gasteiger partial charge in [-0.3, -0.25) is 14.8 Å². The Hall–Kier alpha value is -1.15. The molecule has 0 radical (unpaired) electrons. The summed E-state index contributed by atoms with van der Waals surface area (Å²) in [6, 6.07) is 0.413. The van der Waals surface area contributed by atoms with Crippen LogP contribution in [0.3, 0.4) is 0 Å². The number of fused-ring (bicyclic) bond motifs is 1. The van der Waals surface area contributed by atoms with Crippen LogP contribution in [0.1, 0.15) is 41.5 Å². The molecule has 3 rings (SSSR count). The first kappa shape index (κ1) is 20.2. The van der Waals surface area contributed by atoms with Gasteiger partial charge in [0.2, 0.25) is 0 Å². The fraction of sp³-hybridized carbons (Fsp3) is 0.765. The monoisotopic (exact) mass is 371 g/mol. The Kier molecular flexibility index (Phi) is 7.68. The third kappa shape index (κ3) is 4.53.